The van der Waals surface area contributed by atoms with Crippen molar-refractivity contribution in [2.45, 2.75) is 18.4 Å². The number of aliphatic hydroxyl groups is 1. The van der Waals surface area contributed by atoms with E-state index < -0.39 is 5.60 Å². The highest BCUT2D eigenvalue weighted by atomic mass is 79.9. The van der Waals surface area contributed by atoms with Crippen molar-refractivity contribution in [3.63, 3.8) is 0 Å². The van der Waals surface area contributed by atoms with Crippen LogP contribution in [0.2, 0.25) is 0 Å². The molecule has 0 saturated carbocycles. The normalized spacial score (nSPS) is 29.1. The third kappa shape index (κ3) is 1.66. The first-order valence-electron chi connectivity index (χ1n) is 4.26. The van der Waals surface area contributed by atoms with Crippen LogP contribution in [0.5, 0.6) is 0 Å². The van der Waals surface area contributed by atoms with Crippen molar-refractivity contribution in [1.82, 2.24) is 0 Å². The Kier molecular flexibility index (Phi) is 2.45. The van der Waals surface area contributed by atoms with E-state index in [1.54, 1.807) is 12.3 Å². The Hall–Kier alpha value is -0.320. The van der Waals surface area contributed by atoms with Crippen LogP contribution in [0.4, 0.5) is 0 Å². The van der Waals surface area contributed by atoms with Crippen LogP contribution in [0, 0.1) is 0 Å². The highest BCUT2D eigenvalue weighted by Crippen LogP contribution is 2.35. The molecule has 3 nitrogen and oxygen atoms in total. The molecule has 4 heteroatoms. The fourth-order valence-electron chi connectivity index (χ4n) is 1.58. The summed E-state index contributed by atoms with van der Waals surface area (Å²) in [7, 11) is 0. The number of ether oxygens (including phenoxy) is 1. The fraction of sp³-hybridized carbons (Fsp3) is 0.556. The van der Waals surface area contributed by atoms with Crippen LogP contribution < -0.4 is 0 Å². The summed E-state index contributed by atoms with van der Waals surface area (Å²) in [5.41, 5.74) is -0.944. The quantitative estimate of drug-likeness (QED) is 0.825. The third-order valence-electron chi connectivity index (χ3n) is 2.26. The van der Waals surface area contributed by atoms with Gasteiger partial charge in [-0.15, -0.1) is 0 Å². The maximum atomic E-state index is 10.2. The topological polar surface area (TPSA) is 42.6 Å². The van der Waals surface area contributed by atoms with Gasteiger partial charge in [-0.2, -0.15) is 0 Å². The second-order valence-corrected chi connectivity index (χ2v) is 4.14. The monoisotopic (exact) mass is 246 g/mol. The molecule has 1 fully saturated rings. The number of hydrogen-bond donors (Lipinski definition) is 1. The van der Waals surface area contributed by atoms with Gasteiger partial charge in [-0.25, -0.2) is 0 Å². The Morgan fingerprint density at radius 2 is 2.38 bits per heavy atom. The van der Waals surface area contributed by atoms with Gasteiger partial charge in [0.15, 0.2) is 5.76 Å². The average Bonchev–Trinajstić information content (AvgIpc) is 2.53. The molecule has 0 aromatic carbocycles. The molecule has 0 spiro atoms. The molecule has 0 radical (unpaired) electrons. The van der Waals surface area contributed by atoms with E-state index >= 15 is 0 Å². The highest BCUT2D eigenvalue weighted by Gasteiger charge is 2.36. The summed E-state index contributed by atoms with van der Waals surface area (Å²) in [6.45, 7) is 1.04. The first kappa shape index (κ1) is 9.24. The van der Waals surface area contributed by atoms with Crippen molar-refractivity contribution in [2.75, 3.05) is 13.2 Å². The molecular formula is C9H11BrO3. The van der Waals surface area contributed by atoms with Crippen LogP contribution >= 0.6 is 15.9 Å². The number of furan rings is 1. The van der Waals surface area contributed by atoms with Crippen LogP contribution in [0.15, 0.2) is 21.2 Å². The van der Waals surface area contributed by atoms with E-state index in [0.29, 0.717) is 18.8 Å². The zero-order valence-corrected chi connectivity index (χ0v) is 8.71. The lowest BCUT2D eigenvalue weighted by atomic mass is 9.94. The maximum absolute atomic E-state index is 10.2. The smallest absolute Gasteiger partial charge is 0.151 e. The molecule has 1 atom stereocenters. The van der Waals surface area contributed by atoms with Crippen LogP contribution in [0.1, 0.15) is 18.6 Å². The van der Waals surface area contributed by atoms with Crippen LogP contribution in [-0.4, -0.2) is 18.3 Å². The zero-order valence-electron chi connectivity index (χ0n) is 7.12. The molecule has 72 valence electrons. The summed E-state index contributed by atoms with van der Waals surface area (Å²) in [5, 5.41) is 10.2. The molecule has 1 aliphatic rings. The van der Waals surface area contributed by atoms with Gasteiger partial charge >= 0.3 is 0 Å². The van der Waals surface area contributed by atoms with E-state index in [2.05, 4.69) is 15.9 Å². The van der Waals surface area contributed by atoms with Gasteiger partial charge in [-0.3, -0.25) is 0 Å². The summed E-state index contributed by atoms with van der Waals surface area (Å²) in [5.74, 6) is 0.576. The molecule has 1 aliphatic heterocycles. The fourth-order valence-corrected chi connectivity index (χ4v) is 2.16. The van der Waals surface area contributed by atoms with E-state index in [9.17, 15) is 5.11 Å². The summed E-state index contributed by atoms with van der Waals surface area (Å²) in [6.07, 6.45) is 3.12. The van der Waals surface area contributed by atoms with E-state index in [1.165, 1.54) is 0 Å². The molecule has 0 amide bonds. The second kappa shape index (κ2) is 3.44. The zero-order chi connectivity index (χ0) is 9.31. The lowest BCUT2D eigenvalue weighted by Gasteiger charge is -2.30. The molecule has 1 unspecified atom stereocenters. The van der Waals surface area contributed by atoms with Crippen LogP contribution in [-0.2, 0) is 10.3 Å². The standard InChI is InChI=1S/C9H11BrO3/c10-7-2-5-13-8(7)9(11)3-1-4-12-6-9/h2,5,11H,1,3-4,6H2. The van der Waals surface area contributed by atoms with E-state index in [1.807, 2.05) is 0 Å². The number of rotatable bonds is 1. The molecule has 1 saturated heterocycles. The molecule has 1 N–H and O–H groups in total. The van der Waals surface area contributed by atoms with Crippen molar-refractivity contribution in [2.24, 2.45) is 0 Å². The largest absolute Gasteiger partial charge is 0.465 e. The lowest BCUT2D eigenvalue weighted by molar-refractivity contribution is -0.102. The minimum Gasteiger partial charge on any atom is -0.465 e. The second-order valence-electron chi connectivity index (χ2n) is 3.29. The maximum Gasteiger partial charge on any atom is 0.151 e. The molecule has 0 bridgehead atoms. The van der Waals surface area contributed by atoms with Crippen molar-refractivity contribution >= 4 is 15.9 Å². The third-order valence-corrected chi connectivity index (χ3v) is 2.88. The van der Waals surface area contributed by atoms with Gasteiger partial charge in [0.1, 0.15) is 5.60 Å². The molecule has 1 aromatic heterocycles. The molecular weight excluding hydrogens is 236 g/mol. The average molecular weight is 247 g/mol. The molecule has 13 heavy (non-hydrogen) atoms. The highest BCUT2D eigenvalue weighted by molar-refractivity contribution is 9.10. The van der Waals surface area contributed by atoms with Gasteiger partial charge in [0.25, 0.3) is 0 Å². The van der Waals surface area contributed by atoms with Gasteiger partial charge in [0, 0.05) is 6.61 Å². The van der Waals surface area contributed by atoms with Crippen LogP contribution in [0.3, 0.4) is 0 Å². The van der Waals surface area contributed by atoms with Crippen molar-refractivity contribution < 1.29 is 14.3 Å². The van der Waals surface area contributed by atoms with Gasteiger partial charge in [-0.05, 0) is 34.8 Å². The Balaban J connectivity index is 2.27. The Bertz CT molecular complexity index is 289. The Morgan fingerprint density at radius 1 is 1.54 bits per heavy atom. The first-order valence-corrected chi connectivity index (χ1v) is 5.05. The minimum absolute atomic E-state index is 0.319. The number of halogens is 1. The summed E-state index contributed by atoms with van der Waals surface area (Å²) in [6, 6.07) is 1.78. The molecule has 2 heterocycles. The summed E-state index contributed by atoms with van der Waals surface area (Å²) >= 11 is 3.33. The Morgan fingerprint density at radius 3 is 2.92 bits per heavy atom. The predicted octanol–water partition coefficient (Wildman–Crippen LogP) is 2.04. The molecule has 1 aromatic rings. The molecule has 2 rings (SSSR count). The minimum atomic E-state index is -0.944. The van der Waals surface area contributed by atoms with Crippen LogP contribution in [0.25, 0.3) is 0 Å². The summed E-state index contributed by atoms with van der Waals surface area (Å²) in [4.78, 5) is 0. The van der Waals surface area contributed by atoms with Crippen molar-refractivity contribution in [3.05, 3.63) is 22.6 Å². The van der Waals surface area contributed by atoms with Crippen molar-refractivity contribution in [3.8, 4) is 0 Å². The van der Waals surface area contributed by atoms with E-state index in [0.717, 1.165) is 17.5 Å². The van der Waals surface area contributed by atoms with Gasteiger partial charge in [0.2, 0.25) is 0 Å². The van der Waals surface area contributed by atoms with Gasteiger partial charge < -0.3 is 14.3 Å². The first-order chi connectivity index (χ1) is 6.22. The van der Waals surface area contributed by atoms with Gasteiger partial charge in [-0.1, -0.05) is 0 Å². The molecule has 0 aliphatic carbocycles. The lowest BCUT2D eigenvalue weighted by Crippen LogP contribution is -2.35. The van der Waals surface area contributed by atoms with Crippen molar-refractivity contribution in [1.29, 1.82) is 0 Å². The van der Waals surface area contributed by atoms with E-state index in [-0.39, 0.29) is 0 Å². The van der Waals surface area contributed by atoms with Gasteiger partial charge in [0.05, 0.1) is 17.3 Å². The number of hydrogen-bond acceptors (Lipinski definition) is 3. The SMILES string of the molecule is OC1(c2occc2Br)CCCOC1. The van der Waals surface area contributed by atoms with E-state index in [4.69, 9.17) is 9.15 Å². The predicted molar refractivity (Wildman–Crippen MR) is 50.4 cm³/mol. The Labute approximate surface area is 84.8 Å². The summed E-state index contributed by atoms with van der Waals surface area (Å²) < 4.78 is 11.3.